The summed E-state index contributed by atoms with van der Waals surface area (Å²) < 4.78 is 6.64. The van der Waals surface area contributed by atoms with Crippen molar-refractivity contribution >= 4 is 55.9 Å². The second-order valence-corrected chi connectivity index (χ2v) is 9.70. The molecule has 7 nitrogen and oxygen atoms in total. The third-order valence-electron chi connectivity index (χ3n) is 6.32. The number of halogens is 1. The van der Waals surface area contributed by atoms with E-state index < -0.39 is 23.5 Å². The van der Waals surface area contributed by atoms with Crippen LogP contribution in [-0.2, 0) is 16.0 Å². The van der Waals surface area contributed by atoms with Gasteiger partial charge in [0, 0.05) is 28.2 Å². The SMILES string of the molecule is CCc1ccc(C2C(C(=O)c3cc4cc(Br)ccc4o3)=C(O)C(=O)N2c2ccc(NC(C)=O)cc2)cc1. The average molecular weight is 559 g/mol. The normalized spacial score (nSPS) is 15.5. The summed E-state index contributed by atoms with van der Waals surface area (Å²) in [7, 11) is 0. The molecule has 0 bridgehead atoms. The molecule has 1 atom stereocenters. The molecule has 0 radical (unpaired) electrons. The lowest BCUT2D eigenvalue weighted by Crippen LogP contribution is -2.31. The number of Topliss-reactive ketones (excluding diaryl/α,β-unsaturated/α-hetero) is 1. The molecule has 0 spiro atoms. The number of carbonyl (C=O) groups is 3. The van der Waals surface area contributed by atoms with Crippen LogP contribution in [0.15, 0.2) is 93.0 Å². The summed E-state index contributed by atoms with van der Waals surface area (Å²) in [4.78, 5) is 40.0. The number of anilines is 2. The van der Waals surface area contributed by atoms with Crippen LogP contribution in [0.5, 0.6) is 0 Å². The van der Waals surface area contributed by atoms with Gasteiger partial charge >= 0.3 is 0 Å². The van der Waals surface area contributed by atoms with Gasteiger partial charge in [0.05, 0.1) is 11.6 Å². The van der Waals surface area contributed by atoms with Crippen LogP contribution < -0.4 is 10.2 Å². The number of aliphatic hydroxyl groups excluding tert-OH is 1. The third-order valence-corrected chi connectivity index (χ3v) is 6.82. The standard InChI is InChI=1S/C29H23BrN2O5/c1-3-17-4-6-18(7-5-17)26-25(27(34)24-15-19-14-20(30)8-13-23(19)37-24)28(35)29(36)32(26)22-11-9-21(10-12-22)31-16(2)33/h4-15,26,35H,3H2,1-2H3,(H,31,33). The number of furan rings is 1. The first-order valence-electron chi connectivity index (χ1n) is 11.7. The highest BCUT2D eigenvalue weighted by Crippen LogP contribution is 2.42. The molecule has 2 N–H and O–H groups in total. The number of ketones is 1. The highest BCUT2D eigenvalue weighted by atomic mass is 79.9. The molecule has 186 valence electrons. The second kappa shape index (κ2) is 9.71. The first-order chi connectivity index (χ1) is 17.8. The molecule has 0 aliphatic carbocycles. The quantitative estimate of drug-likeness (QED) is 0.263. The Morgan fingerprint density at radius 2 is 1.73 bits per heavy atom. The van der Waals surface area contributed by atoms with Crippen LogP contribution >= 0.6 is 15.9 Å². The van der Waals surface area contributed by atoms with E-state index in [-0.39, 0.29) is 17.2 Å². The zero-order valence-electron chi connectivity index (χ0n) is 20.1. The summed E-state index contributed by atoms with van der Waals surface area (Å²) in [6.07, 6.45) is 0.833. The third kappa shape index (κ3) is 4.56. The molecule has 0 saturated carbocycles. The average Bonchev–Trinajstić information content (AvgIpc) is 3.42. The predicted octanol–water partition coefficient (Wildman–Crippen LogP) is 6.50. The Hall–Kier alpha value is -4.17. The van der Waals surface area contributed by atoms with Crippen molar-refractivity contribution < 1.29 is 23.9 Å². The van der Waals surface area contributed by atoms with Gasteiger partial charge in [-0.3, -0.25) is 19.3 Å². The minimum absolute atomic E-state index is 0.0282. The van der Waals surface area contributed by atoms with Gasteiger partial charge in [-0.1, -0.05) is 47.1 Å². The van der Waals surface area contributed by atoms with Crippen LogP contribution in [-0.4, -0.2) is 22.7 Å². The van der Waals surface area contributed by atoms with Gasteiger partial charge in [-0.15, -0.1) is 0 Å². The van der Waals surface area contributed by atoms with Gasteiger partial charge < -0.3 is 14.8 Å². The fourth-order valence-electron chi connectivity index (χ4n) is 4.52. The smallest absolute Gasteiger partial charge is 0.294 e. The first-order valence-corrected chi connectivity index (χ1v) is 12.5. The summed E-state index contributed by atoms with van der Waals surface area (Å²) in [6.45, 7) is 3.45. The lowest BCUT2D eigenvalue weighted by molar-refractivity contribution is -0.117. The largest absolute Gasteiger partial charge is 0.503 e. The van der Waals surface area contributed by atoms with Gasteiger partial charge in [0.2, 0.25) is 11.7 Å². The molecule has 1 unspecified atom stereocenters. The van der Waals surface area contributed by atoms with E-state index in [1.54, 1.807) is 42.5 Å². The number of hydrogen-bond donors (Lipinski definition) is 2. The van der Waals surface area contributed by atoms with E-state index in [4.69, 9.17) is 4.42 Å². The molecule has 0 saturated heterocycles. The van der Waals surface area contributed by atoms with Crippen LogP contribution in [0, 0.1) is 0 Å². The topological polar surface area (TPSA) is 99.8 Å². The molecule has 37 heavy (non-hydrogen) atoms. The molecule has 3 aromatic carbocycles. The van der Waals surface area contributed by atoms with Crippen molar-refractivity contribution in [2.45, 2.75) is 26.3 Å². The van der Waals surface area contributed by atoms with Crippen molar-refractivity contribution in [3.8, 4) is 0 Å². The summed E-state index contributed by atoms with van der Waals surface area (Å²) in [5, 5.41) is 14.4. The van der Waals surface area contributed by atoms with Crippen molar-refractivity contribution in [3.63, 3.8) is 0 Å². The highest BCUT2D eigenvalue weighted by molar-refractivity contribution is 9.10. The fourth-order valence-corrected chi connectivity index (χ4v) is 4.90. The van der Waals surface area contributed by atoms with Crippen molar-refractivity contribution in [1.82, 2.24) is 0 Å². The van der Waals surface area contributed by atoms with Gasteiger partial charge in [-0.25, -0.2) is 0 Å². The maximum Gasteiger partial charge on any atom is 0.294 e. The van der Waals surface area contributed by atoms with Crippen LogP contribution in [0.1, 0.15) is 41.6 Å². The summed E-state index contributed by atoms with van der Waals surface area (Å²) >= 11 is 3.42. The second-order valence-electron chi connectivity index (χ2n) is 8.79. The molecular formula is C29H23BrN2O5. The van der Waals surface area contributed by atoms with Crippen LogP contribution in [0.4, 0.5) is 11.4 Å². The van der Waals surface area contributed by atoms with Crippen molar-refractivity contribution in [2.24, 2.45) is 0 Å². The molecule has 2 heterocycles. The zero-order valence-corrected chi connectivity index (χ0v) is 21.7. The maximum absolute atomic E-state index is 13.8. The van der Waals surface area contributed by atoms with Gasteiger partial charge in [-0.05, 0) is 66.1 Å². The molecule has 8 heteroatoms. The van der Waals surface area contributed by atoms with Gasteiger partial charge in [-0.2, -0.15) is 0 Å². The van der Waals surface area contributed by atoms with Gasteiger partial charge in [0.15, 0.2) is 11.5 Å². The lowest BCUT2D eigenvalue weighted by atomic mass is 9.94. The van der Waals surface area contributed by atoms with E-state index in [1.807, 2.05) is 37.3 Å². The number of hydrogen-bond acceptors (Lipinski definition) is 5. The molecule has 5 rings (SSSR count). The number of aliphatic hydroxyl groups is 1. The van der Waals surface area contributed by atoms with Gasteiger partial charge in [0.1, 0.15) is 5.58 Å². The minimum Gasteiger partial charge on any atom is -0.503 e. The number of nitrogens with zero attached hydrogens (tertiary/aromatic N) is 1. The summed E-state index contributed by atoms with van der Waals surface area (Å²) in [5.74, 6) is -2.08. The van der Waals surface area contributed by atoms with Gasteiger partial charge in [0.25, 0.3) is 5.91 Å². The lowest BCUT2D eigenvalue weighted by Gasteiger charge is -2.27. The van der Waals surface area contributed by atoms with Crippen molar-refractivity contribution in [3.05, 3.63) is 105 Å². The Morgan fingerprint density at radius 3 is 2.38 bits per heavy atom. The number of rotatable bonds is 6. The fraction of sp³-hybridized carbons (Fsp3) is 0.138. The van der Waals surface area contributed by atoms with E-state index in [1.165, 1.54) is 11.8 Å². The van der Waals surface area contributed by atoms with E-state index in [0.717, 1.165) is 21.8 Å². The van der Waals surface area contributed by atoms with Crippen molar-refractivity contribution in [1.29, 1.82) is 0 Å². The Balaban J connectivity index is 1.60. The monoisotopic (exact) mass is 558 g/mol. The molecule has 1 aliphatic rings. The molecule has 1 aromatic heterocycles. The summed E-state index contributed by atoms with van der Waals surface area (Å²) in [5.41, 5.74) is 3.26. The van der Waals surface area contributed by atoms with Crippen LogP contribution in [0.3, 0.4) is 0 Å². The van der Waals surface area contributed by atoms with E-state index in [0.29, 0.717) is 22.5 Å². The molecule has 0 fully saturated rings. The predicted molar refractivity (Wildman–Crippen MR) is 145 cm³/mol. The number of nitrogens with one attached hydrogen (secondary N) is 1. The Morgan fingerprint density at radius 1 is 1.03 bits per heavy atom. The number of amides is 2. The van der Waals surface area contributed by atoms with E-state index >= 15 is 0 Å². The Kier molecular flexibility index (Phi) is 6.43. The van der Waals surface area contributed by atoms with Crippen molar-refractivity contribution in [2.75, 3.05) is 10.2 Å². The van der Waals surface area contributed by atoms with Crippen LogP contribution in [0.25, 0.3) is 11.0 Å². The van der Waals surface area contributed by atoms with E-state index in [9.17, 15) is 19.5 Å². The number of aryl methyl sites for hydroxylation is 1. The number of fused-ring (bicyclic) bond motifs is 1. The Labute approximate surface area is 221 Å². The summed E-state index contributed by atoms with van der Waals surface area (Å²) in [6, 6.07) is 20.3. The highest BCUT2D eigenvalue weighted by Gasteiger charge is 2.45. The molecule has 2 amide bonds. The number of carbonyl (C=O) groups excluding carboxylic acids is 3. The maximum atomic E-state index is 13.8. The molecule has 4 aromatic rings. The number of benzene rings is 3. The van der Waals surface area contributed by atoms with Crippen LogP contribution in [0.2, 0.25) is 0 Å². The minimum atomic E-state index is -0.877. The Bertz CT molecular complexity index is 1570. The van der Waals surface area contributed by atoms with E-state index in [2.05, 4.69) is 21.2 Å². The first kappa shape index (κ1) is 24.5. The zero-order chi connectivity index (χ0) is 26.3. The molecule has 1 aliphatic heterocycles. The molecular weight excluding hydrogens is 536 g/mol.